The SMILES string of the molecule is COc1ccc(-c2nn(Cc3ccccc3)cc2C=C(C#N)C(=O)C(C)C)cc1OC. The molecule has 0 aliphatic rings. The standard InChI is InChI=1S/C25H25N3O3/c1-17(2)25(29)20(14-26)12-21-16-28(15-18-8-6-5-7-9-18)27-24(21)19-10-11-22(30-3)23(13-19)31-4/h5-13,16-17H,15H2,1-4H3. The quantitative estimate of drug-likeness (QED) is 0.392. The number of rotatable bonds is 8. The Morgan fingerprint density at radius 2 is 1.84 bits per heavy atom. The molecule has 0 fully saturated rings. The summed E-state index contributed by atoms with van der Waals surface area (Å²) in [4.78, 5) is 12.5. The molecule has 0 amide bonds. The molecular weight excluding hydrogens is 390 g/mol. The van der Waals surface area contributed by atoms with Crippen LogP contribution in [0.25, 0.3) is 17.3 Å². The third kappa shape index (κ3) is 5.01. The number of carbonyl (C=O) groups excluding carboxylic acids is 1. The third-order valence-corrected chi connectivity index (χ3v) is 4.84. The molecule has 0 aliphatic carbocycles. The van der Waals surface area contributed by atoms with Crippen molar-refractivity contribution in [3.05, 3.63) is 71.4 Å². The second-order valence-electron chi connectivity index (χ2n) is 7.37. The maximum absolute atomic E-state index is 12.5. The fourth-order valence-corrected chi connectivity index (χ4v) is 3.23. The van der Waals surface area contributed by atoms with E-state index in [0.717, 1.165) is 11.1 Å². The Bertz CT molecular complexity index is 1140. The molecule has 0 N–H and O–H groups in total. The lowest BCUT2D eigenvalue weighted by atomic mass is 9.99. The predicted molar refractivity (Wildman–Crippen MR) is 120 cm³/mol. The van der Waals surface area contributed by atoms with E-state index in [9.17, 15) is 10.1 Å². The van der Waals surface area contributed by atoms with Gasteiger partial charge in [-0.3, -0.25) is 9.48 Å². The van der Waals surface area contributed by atoms with E-state index in [-0.39, 0.29) is 17.3 Å². The van der Waals surface area contributed by atoms with Gasteiger partial charge < -0.3 is 9.47 Å². The maximum atomic E-state index is 12.5. The van der Waals surface area contributed by atoms with Crippen LogP contribution in [0, 0.1) is 17.2 Å². The normalized spacial score (nSPS) is 11.3. The minimum Gasteiger partial charge on any atom is -0.493 e. The zero-order chi connectivity index (χ0) is 22.4. The van der Waals surface area contributed by atoms with Crippen LogP contribution in [0.4, 0.5) is 0 Å². The largest absolute Gasteiger partial charge is 0.493 e. The molecule has 6 nitrogen and oxygen atoms in total. The van der Waals surface area contributed by atoms with Gasteiger partial charge in [-0.1, -0.05) is 44.2 Å². The molecule has 0 bridgehead atoms. The molecule has 158 valence electrons. The van der Waals surface area contributed by atoms with Crippen LogP contribution in [0.1, 0.15) is 25.0 Å². The van der Waals surface area contributed by atoms with E-state index in [2.05, 4.69) is 0 Å². The summed E-state index contributed by atoms with van der Waals surface area (Å²) in [6.45, 7) is 4.12. The number of allylic oxidation sites excluding steroid dienone is 1. The number of ketones is 1. The van der Waals surface area contributed by atoms with Crippen molar-refractivity contribution in [2.24, 2.45) is 5.92 Å². The summed E-state index contributed by atoms with van der Waals surface area (Å²) in [7, 11) is 3.16. The van der Waals surface area contributed by atoms with Gasteiger partial charge in [-0.2, -0.15) is 10.4 Å². The molecule has 1 heterocycles. The number of nitriles is 1. The summed E-state index contributed by atoms with van der Waals surface area (Å²) in [5, 5.41) is 14.3. The van der Waals surface area contributed by atoms with Crippen LogP contribution in [0.3, 0.4) is 0 Å². The van der Waals surface area contributed by atoms with Gasteiger partial charge in [-0.05, 0) is 29.8 Å². The van der Waals surface area contributed by atoms with Crippen molar-refractivity contribution >= 4 is 11.9 Å². The van der Waals surface area contributed by atoms with E-state index < -0.39 is 0 Å². The number of methoxy groups -OCH3 is 2. The van der Waals surface area contributed by atoms with Crippen molar-refractivity contribution in [2.45, 2.75) is 20.4 Å². The summed E-state index contributed by atoms with van der Waals surface area (Å²) in [5.74, 6) is 0.720. The van der Waals surface area contributed by atoms with Crippen molar-refractivity contribution in [2.75, 3.05) is 14.2 Å². The maximum Gasteiger partial charge on any atom is 0.175 e. The molecule has 3 aromatic rings. The highest BCUT2D eigenvalue weighted by Gasteiger charge is 2.18. The van der Waals surface area contributed by atoms with Crippen LogP contribution in [-0.4, -0.2) is 29.8 Å². The second kappa shape index (κ2) is 9.77. The number of carbonyl (C=O) groups is 1. The molecule has 0 saturated carbocycles. The van der Waals surface area contributed by atoms with E-state index in [1.165, 1.54) is 0 Å². The number of hydrogen-bond acceptors (Lipinski definition) is 5. The molecule has 3 rings (SSSR count). The Labute approximate surface area is 182 Å². The smallest absolute Gasteiger partial charge is 0.175 e. The van der Waals surface area contributed by atoms with Gasteiger partial charge in [0, 0.05) is 23.2 Å². The highest BCUT2D eigenvalue weighted by Crippen LogP contribution is 2.34. The van der Waals surface area contributed by atoms with E-state index in [4.69, 9.17) is 14.6 Å². The minimum absolute atomic E-state index is 0.107. The summed E-state index contributed by atoms with van der Waals surface area (Å²) in [6, 6.07) is 17.5. The number of hydrogen-bond donors (Lipinski definition) is 0. The Balaban J connectivity index is 2.12. The van der Waals surface area contributed by atoms with Gasteiger partial charge in [0.05, 0.1) is 32.0 Å². The Morgan fingerprint density at radius 3 is 2.45 bits per heavy atom. The zero-order valence-corrected chi connectivity index (χ0v) is 18.1. The van der Waals surface area contributed by atoms with Crippen LogP contribution >= 0.6 is 0 Å². The van der Waals surface area contributed by atoms with Crippen molar-refractivity contribution in [1.29, 1.82) is 5.26 Å². The van der Waals surface area contributed by atoms with Crippen LogP contribution in [0.5, 0.6) is 11.5 Å². The summed E-state index contributed by atoms with van der Waals surface area (Å²) < 4.78 is 12.6. The highest BCUT2D eigenvalue weighted by molar-refractivity contribution is 6.04. The van der Waals surface area contributed by atoms with E-state index in [0.29, 0.717) is 29.3 Å². The molecule has 0 spiro atoms. The van der Waals surface area contributed by atoms with Crippen LogP contribution < -0.4 is 9.47 Å². The molecule has 0 unspecified atom stereocenters. The molecule has 2 aromatic carbocycles. The predicted octanol–water partition coefficient (Wildman–Crippen LogP) is 4.75. The Hall–Kier alpha value is -3.85. The number of nitrogens with zero attached hydrogens (tertiary/aromatic N) is 3. The van der Waals surface area contributed by atoms with E-state index in [1.54, 1.807) is 34.1 Å². The first kappa shape index (κ1) is 21.8. The van der Waals surface area contributed by atoms with Gasteiger partial charge in [-0.25, -0.2) is 0 Å². The van der Waals surface area contributed by atoms with Crippen molar-refractivity contribution < 1.29 is 14.3 Å². The number of ether oxygens (including phenoxy) is 2. The number of benzene rings is 2. The van der Waals surface area contributed by atoms with Gasteiger partial charge in [0.2, 0.25) is 0 Å². The minimum atomic E-state index is -0.269. The average Bonchev–Trinajstić information content (AvgIpc) is 3.19. The third-order valence-electron chi connectivity index (χ3n) is 4.84. The topological polar surface area (TPSA) is 77.1 Å². The first-order valence-electron chi connectivity index (χ1n) is 9.96. The average molecular weight is 415 g/mol. The fourth-order valence-electron chi connectivity index (χ4n) is 3.23. The fraction of sp³-hybridized carbons (Fsp3) is 0.240. The second-order valence-corrected chi connectivity index (χ2v) is 7.37. The van der Waals surface area contributed by atoms with Gasteiger partial charge in [-0.15, -0.1) is 0 Å². The first-order valence-corrected chi connectivity index (χ1v) is 9.96. The molecule has 0 radical (unpaired) electrons. The number of aromatic nitrogens is 2. The Morgan fingerprint density at radius 1 is 1.13 bits per heavy atom. The van der Waals surface area contributed by atoms with Crippen LogP contribution in [0.15, 0.2) is 60.3 Å². The molecule has 0 atom stereocenters. The number of Topliss-reactive ketones (excluding diaryl/α,β-unsaturated/α-hetero) is 1. The van der Waals surface area contributed by atoms with E-state index in [1.807, 2.05) is 65.5 Å². The van der Waals surface area contributed by atoms with E-state index >= 15 is 0 Å². The first-order chi connectivity index (χ1) is 15.0. The molecular formula is C25H25N3O3. The summed E-state index contributed by atoms with van der Waals surface area (Å²) in [5.41, 5.74) is 3.34. The van der Waals surface area contributed by atoms with Crippen molar-refractivity contribution in [3.63, 3.8) is 0 Å². The lowest BCUT2D eigenvalue weighted by Gasteiger charge is -2.09. The van der Waals surface area contributed by atoms with Crippen molar-refractivity contribution in [3.8, 4) is 28.8 Å². The molecule has 1 aromatic heterocycles. The van der Waals surface area contributed by atoms with Gasteiger partial charge in [0.1, 0.15) is 6.07 Å². The summed E-state index contributed by atoms with van der Waals surface area (Å²) in [6.07, 6.45) is 3.47. The summed E-state index contributed by atoms with van der Waals surface area (Å²) >= 11 is 0. The molecule has 0 aliphatic heterocycles. The van der Waals surface area contributed by atoms with Gasteiger partial charge >= 0.3 is 0 Å². The van der Waals surface area contributed by atoms with Crippen molar-refractivity contribution in [1.82, 2.24) is 9.78 Å². The highest BCUT2D eigenvalue weighted by atomic mass is 16.5. The Kier molecular flexibility index (Phi) is 6.88. The van der Waals surface area contributed by atoms with Crippen LogP contribution in [-0.2, 0) is 11.3 Å². The van der Waals surface area contributed by atoms with Gasteiger partial charge in [0.25, 0.3) is 0 Å². The monoisotopic (exact) mass is 415 g/mol. The lowest BCUT2D eigenvalue weighted by molar-refractivity contribution is -0.117. The lowest BCUT2D eigenvalue weighted by Crippen LogP contribution is -2.08. The molecule has 31 heavy (non-hydrogen) atoms. The zero-order valence-electron chi connectivity index (χ0n) is 18.1. The molecule has 6 heteroatoms. The molecule has 0 saturated heterocycles. The van der Waals surface area contributed by atoms with Crippen LogP contribution in [0.2, 0.25) is 0 Å². The van der Waals surface area contributed by atoms with Gasteiger partial charge in [0.15, 0.2) is 17.3 Å².